The van der Waals surface area contributed by atoms with E-state index in [1.165, 1.54) is 5.69 Å². The maximum atomic E-state index is 5.17. The Morgan fingerprint density at radius 2 is 1.90 bits per heavy atom. The van der Waals surface area contributed by atoms with Gasteiger partial charge >= 0.3 is 0 Å². The van der Waals surface area contributed by atoms with Crippen LogP contribution in [-0.4, -0.2) is 52.1 Å². The van der Waals surface area contributed by atoms with Crippen LogP contribution in [-0.2, 0) is 16.0 Å². The molecule has 1 heterocycles. The lowest BCUT2D eigenvalue weighted by Crippen LogP contribution is -2.30. The van der Waals surface area contributed by atoms with Gasteiger partial charge in [-0.1, -0.05) is 6.92 Å². The predicted molar refractivity (Wildman–Crippen MR) is 82.2 cm³/mol. The van der Waals surface area contributed by atoms with Gasteiger partial charge in [-0.3, -0.25) is 4.98 Å². The van der Waals surface area contributed by atoms with Gasteiger partial charge in [-0.2, -0.15) is 0 Å². The maximum absolute atomic E-state index is 5.17. The van der Waals surface area contributed by atoms with Crippen molar-refractivity contribution < 1.29 is 9.47 Å². The summed E-state index contributed by atoms with van der Waals surface area (Å²) >= 11 is 0. The number of nitrogens with zero attached hydrogens (tertiary/aromatic N) is 2. The largest absolute Gasteiger partial charge is 0.383 e. The minimum Gasteiger partial charge on any atom is -0.383 e. The van der Waals surface area contributed by atoms with Crippen LogP contribution in [0.4, 0.5) is 5.69 Å². The molecule has 0 aliphatic carbocycles. The summed E-state index contributed by atoms with van der Waals surface area (Å²) < 4.78 is 10.3. The van der Waals surface area contributed by atoms with E-state index >= 15 is 0 Å². The predicted octanol–water partition coefficient (Wildman–Crippen LogP) is 1.68. The Bertz CT molecular complexity index is 353. The molecule has 5 heteroatoms. The molecule has 0 fully saturated rings. The van der Waals surface area contributed by atoms with Crippen molar-refractivity contribution in [1.29, 1.82) is 0 Å². The van der Waals surface area contributed by atoms with Crippen LogP contribution < -0.4 is 10.2 Å². The third-order valence-electron chi connectivity index (χ3n) is 3.03. The molecule has 20 heavy (non-hydrogen) atoms. The fraction of sp³-hybridized carbons (Fsp3) is 0.667. The first kappa shape index (κ1) is 16.9. The molecular formula is C15H27N3O2. The zero-order chi connectivity index (χ0) is 14.6. The van der Waals surface area contributed by atoms with Gasteiger partial charge in [0, 0.05) is 45.7 Å². The summed E-state index contributed by atoms with van der Waals surface area (Å²) in [5.74, 6) is 0. The molecule has 1 aromatic rings. The Labute approximate surface area is 122 Å². The van der Waals surface area contributed by atoms with E-state index in [1.54, 1.807) is 14.2 Å². The molecule has 0 aliphatic heterocycles. The van der Waals surface area contributed by atoms with Crippen molar-refractivity contribution in [3.8, 4) is 0 Å². The molecule has 0 spiro atoms. The number of hydrogen-bond acceptors (Lipinski definition) is 5. The highest BCUT2D eigenvalue weighted by Crippen LogP contribution is 2.14. The number of rotatable bonds is 11. The minimum atomic E-state index is 0.704. The van der Waals surface area contributed by atoms with Gasteiger partial charge in [-0.25, -0.2) is 0 Å². The van der Waals surface area contributed by atoms with Crippen LogP contribution in [0.2, 0.25) is 0 Å². The van der Waals surface area contributed by atoms with Crippen LogP contribution in [0.15, 0.2) is 18.3 Å². The average molecular weight is 281 g/mol. The van der Waals surface area contributed by atoms with Gasteiger partial charge in [0.05, 0.1) is 18.9 Å². The smallest absolute Gasteiger partial charge is 0.0637 e. The van der Waals surface area contributed by atoms with Crippen molar-refractivity contribution in [3.63, 3.8) is 0 Å². The van der Waals surface area contributed by atoms with Crippen molar-refractivity contribution >= 4 is 5.69 Å². The summed E-state index contributed by atoms with van der Waals surface area (Å²) in [6.07, 6.45) is 3.00. The molecule has 0 unspecified atom stereocenters. The number of methoxy groups -OCH3 is 2. The third-order valence-corrected chi connectivity index (χ3v) is 3.03. The third kappa shape index (κ3) is 6.32. The van der Waals surface area contributed by atoms with E-state index in [9.17, 15) is 0 Å². The number of anilines is 1. The van der Waals surface area contributed by atoms with Gasteiger partial charge < -0.3 is 19.7 Å². The Kier molecular flexibility index (Phi) is 8.95. The molecule has 0 amide bonds. The van der Waals surface area contributed by atoms with Crippen LogP contribution in [0.5, 0.6) is 0 Å². The summed E-state index contributed by atoms with van der Waals surface area (Å²) in [5, 5.41) is 3.37. The average Bonchev–Trinajstić information content (AvgIpc) is 2.48. The molecule has 5 nitrogen and oxygen atoms in total. The Morgan fingerprint density at radius 3 is 2.50 bits per heavy atom. The molecular weight excluding hydrogens is 254 g/mol. The normalized spacial score (nSPS) is 10.8. The molecule has 0 saturated heterocycles. The second kappa shape index (κ2) is 10.6. The molecule has 1 aromatic heterocycles. The van der Waals surface area contributed by atoms with Crippen molar-refractivity contribution in [2.75, 3.05) is 52.0 Å². The van der Waals surface area contributed by atoms with Gasteiger partial charge in [0.15, 0.2) is 0 Å². The van der Waals surface area contributed by atoms with Crippen molar-refractivity contribution in [3.05, 3.63) is 24.0 Å². The molecule has 1 N–H and O–H groups in total. The zero-order valence-corrected chi connectivity index (χ0v) is 12.9. The molecule has 0 saturated carbocycles. The van der Waals surface area contributed by atoms with E-state index in [0.29, 0.717) is 13.2 Å². The van der Waals surface area contributed by atoms with E-state index in [2.05, 4.69) is 28.2 Å². The molecule has 0 atom stereocenters. The SMILES string of the molecule is CCCNCc1cc(N(CCOC)CCOC)ccn1. The summed E-state index contributed by atoms with van der Waals surface area (Å²) in [6.45, 7) is 7.10. The zero-order valence-electron chi connectivity index (χ0n) is 12.9. The lowest BCUT2D eigenvalue weighted by Gasteiger charge is -2.24. The summed E-state index contributed by atoms with van der Waals surface area (Å²) in [4.78, 5) is 6.66. The van der Waals surface area contributed by atoms with Crippen LogP contribution >= 0.6 is 0 Å². The number of aromatic nitrogens is 1. The van der Waals surface area contributed by atoms with Crippen LogP contribution in [0, 0.1) is 0 Å². The second-order valence-electron chi connectivity index (χ2n) is 4.65. The van der Waals surface area contributed by atoms with E-state index in [4.69, 9.17) is 9.47 Å². The topological polar surface area (TPSA) is 46.6 Å². The van der Waals surface area contributed by atoms with Gasteiger partial charge in [-0.05, 0) is 25.1 Å². The highest BCUT2D eigenvalue weighted by molar-refractivity contribution is 5.46. The first-order valence-corrected chi connectivity index (χ1v) is 7.20. The molecule has 0 aliphatic rings. The number of ether oxygens (including phenoxy) is 2. The molecule has 1 rings (SSSR count). The molecule has 114 valence electrons. The second-order valence-corrected chi connectivity index (χ2v) is 4.65. The Balaban J connectivity index is 2.65. The fourth-order valence-corrected chi connectivity index (χ4v) is 1.93. The Morgan fingerprint density at radius 1 is 1.20 bits per heavy atom. The van der Waals surface area contributed by atoms with Crippen molar-refractivity contribution in [2.24, 2.45) is 0 Å². The summed E-state index contributed by atoms with van der Waals surface area (Å²) in [7, 11) is 3.45. The quantitative estimate of drug-likeness (QED) is 0.625. The minimum absolute atomic E-state index is 0.704. The first-order chi connectivity index (χ1) is 9.81. The van der Waals surface area contributed by atoms with Gasteiger partial charge in [0.25, 0.3) is 0 Å². The van der Waals surface area contributed by atoms with E-state index < -0.39 is 0 Å². The number of hydrogen-bond donors (Lipinski definition) is 1. The van der Waals surface area contributed by atoms with E-state index in [1.807, 2.05) is 12.3 Å². The number of pyridine rings is 1. The van der Waals surface area contributed by atoms with Crippen molar-refractivity contribution in [1.82, 2.24) is 10.3 Å². The van der Waals surface area contributed by atoms with Crippen LogP contribution in [0.1, 0.15) is 19.0 Å². The highest BCUT2D eigenvalue weighted by Gasteiger charge is 2.07. The number of nitrogens with one attached hydrogen (secondary N) is 1. The van der Waals surface area contributed by atoms with Gasteiger partial charge in [-0.15, -0.1) is 0 Å². The van der Waals surface area contributed by atoms with Crippen LogP contribution in [0.25, 0.3) is 0 Å². The molecule has 0 bridgehead atoms. The maximum Gasteiger partial charge on any atom is 0.0637 e. The fourth-order valence-electron chi connectivity index (χ4n) is 1.93. The lowest BCUT2D eigenvalue weighted by atomic mass is 10.2. The first-order valence-electron chi connectivity index (χ1n) is 7.20. The molecule has 0 radical (unpaired) electrons. The highest BCUT2D eigenvalue weighted by atomic mass is 16.5. The summed E-state index contributed by atoms with van der Waals surface area (Å²) in [6, 6.07) is 4.17. The lowest BCUT2D eigenvalue weighted by molar-refractivity contribution is 0.190. The molecule has 0 aromatic carbocycles. The van der Waals surface area contributed by atoms with Gasteiger partial charge in [0.2, 0.25) is 0 Å². The van der Waals surface area contributed by atoms with Crippen molar-refractivity contribution in [2.45, 2.75) is 19.9 Å². The summed E-state index contributed by atoms with van der Waals surface area (Å²) in [5.41, 5.74) is 2.23. The monoisotopic (exact) mass is 281 g/mol. The Hall–Kier alpha value is -1.17. The van der Waals surface area contributed by atoms with E-state index in [-0.39, 0.29) is 0 Å². The standard InChI is InChI=1S/C15H27N3O2/c1-4-6-16-13-14-12-15(5-7-17-14)18(8-10-19-2)9-11-20-3/h5,7,12,16H,4,6,8-11,13H2,1-3H3. The van der Waals surface area contributed by atoms with Gasteiger partial charge in [0.1, 0.15) is 0 Å². The van der Waals surface area contributed by atoms with E-state index in [0.717, 1.165) is 38.3 Å². The van der Waals surface area contributed by atoms with Crippen LogP contribution in [0.3, 0.4) is 0 Å².